The van der Waals surface area contributed by atoms with Gasteiger partial charge in [-0.3, -0.25) is 4.79 Å². The summed E-state index contributed by atoms with van der Waals surface area (Å²) >= 11 is 0. The van der Waals surface area contributed by atoms with Crippen LogP contribution in [0, 0.1) is 11.8 Å². The summed E-state index contributed by atoms with van der Waals surface area (Å²) in [7, 11) is 0. The Labute approximate surface area is 101 Å². The molecule has 1 rings (SSSR count). The normalized spacial score (nSPS) is 10.7. The Morgan fingerprint density at radius 1 is 1.50 bits per heavy atom. The van der Waals surface area contributed by atoms with Gasteiger partial charge in [0.15, 0.2) is 5.82 Å². The maximum Gasteiger partial charge on any atom is 0.471 e. The van der Waals surface area contributed by atoms with Crippen molar-refractivity contribution < 1.29 is 22.5 Å². The molecule has 1 aromatic rings. The van der Waals surface area contributed by atoms with Gasteiger partial charge < -0.3 is 9.84 Å². The van der Waals surface area contributed by atoms with Crippen molar-refractivity contribution in [2.24, 2.45) is 0 Å². The molecule has 0 fully saturated rings. The number of nitrogens with zero attached hydrogens (tertiary/aromatic N) is 2. The van der Waals surface area contributed by atoms with E-state index in [1.807, 2.05) is 0 Å². The Bertz CT molecular complexity index is 471. The summed E-state index contributed by atoms with van der Waals surface area (Å²) in [6.45, 7) is 1.81. The predicted molar refractivity (Wildman–Crippen MR) is 54.1 cm³/mol. The maximum atomic E-state index is 12.1. The van der Waals surface area contributed by atoms with Crippen LogP contribution in [0.1, 0.15) is 25.1 Å². The Hall–Kier alpha value is -2.04. The average molecular weight is 261 g/mol. The number of carbonyl (C=O) groups excluding carboxylic acids is 1. The largest absolute Gasteiger partial charge is 0.471 e. The van der Waals surface area contributed by atoms with Gasteiger partial charge in [0, 0.05) is 13.0 Å². The molecule has 1 heterocycles. The molecule has 98 valence electrons. The van der Waals surface area contributed by atoms with Crippen molar-refractivity contribution in [2.45, 2.75) is 25.9 Å². The van der Waals surface area contributed by atoms with Gasteiger partial charge in [-0.1, -0.05) is 11.1 Å². The lowest BCUT2D eigenvalue weighted by Crippen LogP contribution is -2.23. The van der Waals surface area contributed by atoms with Crippen molar-refractivity contribution in [3.05, 3.63) is 11.7 Å². The summed E-state index contributed by atoms with van der Waals surface area (Å²) in [6.07, 6.45) is -4.05. The third-order valence-corrected chi connectivity index (χ3v) is 1.81. The average Bonchev–Trinajstić information content (AvgIpc) is 2.73. The Kier molecular flexibility index (Phi) is 4.71. The van der Waals surface area contributed by atoms with Crippen LogP contribution in [0.4, 0.5) is 13.2 Å². The van der Waals surface area contributed by atoms with Gasteiger partial charge >= 0.3 is 12.1 Å². The molecule has 0 unspecified atom stereocenters. The van der Waals surface area contributed by atoms with E-state index in [0.717, 1.165) is 0 Å². The highest BCUT2D eigenvalue weighted by atomic mass is 19.4. The molecule has 0 saturated heterocycles. The van der Waals surface area contributed by atoms with Crippen molar-refractivity contribution in [1.82, 2.24) is 15.5 Å². The smallest absolute Gasteiger partial charge is 0.345 e. The molecule has 0 bridgehead atoms. The van der Waals surface area contributed by atoms with Crippen LogP contribution in [0.5, 0.6) is 0 Å². The molecule has 0 aromatic carbocycles. The van der Waals surface area contributed by atoms with E-state index in [0.29, 0.717) is 6.42 Å². The van der Waals surface area contributed by atoms with E-state index in [1.165, 1.54) is 6.92 Å². The lowest BCUT2D eigenvalue weighted by molar-refractivity contribution is -0.159. The van der Waals surface area contributed by atoms with E-state index in [-0.39, 0.29) is 18.8 Å². The number of amides is 1. The minimum atomic E-state index is -4.63. The van der Waals surface area contributed by atoms with Crippen LogP contribution in [0.2, 0.25) is 0 Å². The van der Waals surface area contributed by atoms with Crippen molar-refractivity contribution in [1.29, 1.82) is 0 Å². The molecule has 1 aromatic heterocycles. The molecule has 5 nitrogen and oxygen atoms in total. The summed E-state index contributed by atoms with van der Waals surface area (Å²) in [4.78, 5) is 14.1. The zero-order valence-corrected chi connectivity index (χ0v) is 9.47. The van der Waals surface area contributed by atoms with Crippen LogP contribution in [-0.4, -0.2) is 22.6 Å². The summed E-state index contributed by atoms with van der Waals surface area (Å²) in [5.41, 5.74) is 0. The van der Waals surface area contributed by atoms with Crippen molar-refractivity contribution in [3.8, 4) is 11.8 Å². The van der Waals surface area contributed by atoms with Gasteiger partial charge in [-0.15, -0.1) is 0 Å². The summed E-state index contributed by atoms with van der Waals surface area (Å²) in [5.74, 6) is 2.85. The first-order valence-corrected chi connectivity index (χ1v) is 5.04. The summed E-state index contributed by atoms with van der Waals surface area (Å²) in [5, 5.41) is 5.66. The number of halogens is 3. The molecule has 0 spiro atoms. The molecule has 18 heavy (non-hydrogen) atoms. The van der Waals surface area contributed by atoms with Gasteiger partial charge in [-0.2, -0.15) is 18.2 Å². The second-order valence-electron chi connectivity index (χ2n) is 3.25. The Morgan fingerprint density at radius 3 is 2.78 bits per heavy atom. The zero-order chi connectivity index (χ0) is 13.6. The third kappa shape index (κ3) is 4.45. The van der Waals surface area contributed by atoms with Crippen LogP contribution in [0.25, 0.3) is 0 Å². The first kappa shape index (κ1) is 14.0. The highest BCUT2D eigenvalue weighted by Gasteiger charge is 2.38. The van der Waals surface area contributed by atoms with Gasteiger partial charge in [0.05, 0.1) is 0 Å². The van der Waals surface area contributed by atoms with Crippen LogP contribution in [0.15, 0.2) is 4.52 Å². The number of aromatic nitrogens is 2. The number of nitrogens with one attached hydrogen (secondary N) is 1. The molecule has 1 N–H and O–H groups in total. The molecule has 0 saturated carbocycles. The van der Waals surface area contributed by atoms with Gasteiger partial charge in [0.25, 0.3) is 5.91 Å². The lowest BCUT2D eigenvalue weighted by atomic mass is 10.3. The minimum Gasteiger partial charge on any atom is -0.345 e. The van der Waals surface area contributed by atoms with Crippen LogP contribution < -0.4 is 5.32 Å². The number of carbonyl (C=O) groups is 1. The molecule has 1 amide bonds. The number of hydrogen-bond donors (Lipinski definition) is 1. The van der Waals surface area contributed by atoms with Crippen LogP contribution >= 0.6 is 0 Å². The van der Waals surface area contributed by atoms with Gasteiger partial charge in [-0.05, 0) is 19.3 Å². The second kappa shape index (κ2) is 6.05. The molecule has 8 heteroatoms. The number of rotatable bonds is 4. The number of alkyl halides is 3. The summed E-state index contributed by atoms with van der Waals surface area (Å²) in [6, 6.07) is 0. The highest BCUT2D eigenvalue weighted by molar-refractivity contribution is 5.93. The molecule has 0 atom stereocenters. The van der Waals surface area contributed by atoms with E-state index in [2.05, 4.69) is 31.8 Å². The fourth-order valence-corrected chi connectivity index (χ4v) is 1.08. The topological polar surface area (TPSA) is 68.0 Å². The van der Waals surface area contributed by atoms with E-state index in [9.17, 15) is 18.0 Å². The predicted octanol–water partition coefficient (Wildman–Crippen LogP) is 1.16. The molecule has 0 radical (unpaired) electrons. The van der Waals surface area contributed by atoms with E-state index >= 15 is 0 Å². The number of aryl methyl sites for hydroxylation is 1. The van der Waals surface area contributed by atoms with Gasteiger partial charge in [-0.25, -0.2) is 0 Å². The lowest BCUT2D eigenvalue weighted by Gasteiger charge is -1.98. The molecule has 0 aliphatic rings. The van der Waals surface area contributed by atoms with E-state index < -0.39 is 18.0 Å². The maximum absolute atomic E-state index is 12.1. The Balaban J connectivity index is 2.34. The Morgan fingerprint density at radius 2 is 2.22 bits per heavy atom. The van der Waals surface area contributed by atoms with E-state index in [4.69, 9.17) is 0 Å². The van der Waals surface area contributed by atoms with Crippen LogP contribution in [0.3, 0.4) is 0 Å². The van der Waals surface area contributed by atoms with Crippen molar-refractivity contribution >= 4 is 5.91 Å². The molecule has 0 aliphatic heterocycles. The van der Waals surface area contributed by atoms with Gasteiger partial charge in [0.1, 0.15) is 0 Å². The SMILES string of the molecule is CC#CC(=O)NCCCc1noc(C(F)(F)F)n1. The summed E-state index contributed by atoms with van der Waals surface area (Å²) < 4.78 is 40.4. The second-order valence-corrected chi connectivity index (χ2v) is 3.25. The first-order valence-electron chi connectivity index (χ1n) is 5.04. The quantitative estimate of drug-likeness (QED) is 0.652. The number of hydrogen-bond acceptors (Lipinski definition) is 4. The zero-order valence-electron chi connectivity index (χ0n) is 9.47. The van der Waals surface area contributed by atoms with Gasteiger partial charge in [0.2, 0.25) is 0 Å². The standard InChI is InChI=1S/C10H10F3N3O2/c1-2-4-8(17)14-6-3-5-7-15-9(18-16-7)10(11,12)13/h3,5-6H2,1H3,(H,14,17). The monoisotopic (exact) mass is 261 g/mol. The van der Waals surface area contributed by atoms with Crippen molar-refractivity contribution in [3.63, 3.8) is 0 Å². The fourth-order valence-electron chi connectivity index (χ4n) is 1.08. The first-order chi connectivity index (χ1) is 8.43. The van der Waals surface area contributed by atoms with Crippen molar-refractivity contribution in [2.75, 3.05) is 6.54 Å². The molecular formula is C10H10F3N3O2. The van der Waals surface area contributed by atoms with Crippen LogP contribution in [-0.2, 0) is 17.4 Å². The molecule has 0 aliphatic carbocycles. The molecular weight excluding hydrogens is 251 g/mol. The third-order valence-electron chi connectivity index (χ3n) is 1.81. The highest BCUT2D eigenvalue weighted by Crippen LogP contribution is 2.27. The van der Waals surface area contributed by atoms with E-state index in [1.54, 1.807) is 0 Å². The fraction of sp³-hybridized carbons (Fsp3) is 0.500. The minimum absolute atomic E-state index is 0.0434.